The van der Waals surface area contributed by atoms with Gasteiger partial charge in [0.05, 0.1) is 31.4 Å². The van der Waals surface area contributed by atoms with Crippen LogP contribution in [0.5, 0.6) is 0 Å². The van der Waals surface area contributed by atoms with Gasteiger partial charge in [0.15, 0.2) is 0 Å². The second kappa shape index (κ2) is 7.59. The SMILES string of the molecule is CCS(=O)(=O)N1CCC(C(=O)N2CCOCC2CC(=O)O)CC1. The van der Waals surface area contributed by atoms with Crippen LogP contribution in [0.15, 0.2) is 0 Å². The van der Waals surface area contributed by atoms with Crippen LogP contribution in [0.25, 0.3) is 0 Å². The molecule has 2 rings (SSSR count). The van der Waals surface area contributed by atoms with E-state index in [-0.39, 0.29) is 30.6 Å². The van der Waals surface area contributed by atoms with Crippen molar-refractivity contribution in [2.24, 2.45) is 5.92 Å². The van der Waals surface area contributed by atoms with Crippen molar-refractivity contribution >= 4 is 21.9 Å². The fourth-order valence-corrected chi connectivity index (χ4v) is 4.25. The Morgan fingerprint density at radius 2 is 1.87 bits per heavy atom. The zero-order valence-electron chi connectivity index (χ0n) is 13.3. The molecule has 2 aliphatic rings. The molecule has 0 aromatic rings. The molecule has 0 aromatic carbocycles. The molecule has 1 unspecified atom stereocenters. The van der Waals surface area contributed by atoms with Gasteiger partial charge in [-0.1, -0.05) is 0 Å². The summed E-state index contributed by atoms with van der Waals surface area (Å²) in [5.74, 6) is -1.21. The molecule has 0 aromatic heterocycles. The number of amides is 1. The highest BCUT2D eigenvalue weighted by atomic mass is 32.2. The second-order valence-electron chi connectivity index (χ2n) is 5.93. The van der Waals surface area contributed by atoms with Crippen molar-refractivity contribution in [2.45, 2.75) is 32.2 Å². The van der Waals surface area contributed by atoms with E-state index in [0.29, 0.717) is 39.1 Å². The summed E-state index contributed by atoms with van der Waals surface area (Å²) in [5, 5.41) is 8.96. The summed E-state index contributed by atoms with van der Waals surface area (Å²) in [4.78, 5) is 25.2. The first-order valence-electron chi connectivity index (χ1n) is 7.93. The smallest absolute Gasteiger partial charge is 0.305 e. The lowest BCUT2D eigenvalue weighted by molar-refractivity contribution is -0.149. The van der Waals surface area contributed by atoms with Crippen molar-refractivity contribution < 1.29 is 27.9 Å². The molecular weight excluding hydrogens is 324 g/mol. The molecule has 1 amide bonds. The molecule has 1 N–H and O–H groups in total. The van der Waals surface area contributed by atoms with Gasteiger partial charge in [0.25, 0.3) is 0 Å². The molecule has 23 heavy (non-hydrogen) atoms. The van der Waals surface area contributed by atoms with Gasteiger partial charge in [-0.05, 0) is 19.8 Å². The molecule has 2 aliphatic heterocycles. The normalized spacial score (nSPS) is 24.6. The van der Waals surface area contributed by atoms with Gasteiger partial charge in [-0.3, -0.25) is 9.59 Å². The van der Waals surface area contributed by atoms with Gasteiger partial charge >= 0.3 is 5.97 Å². The van der Waals surface area contributed by atoms with Crippen molar-refractivity contribution in [3.63, 3.8) is 0 Å². The molecule has 0 spiro atoms. The van der Waals surface area contributed by atoms with Gasteiger partial charge in [-0.2, -0.15) is 0 Å². The quantitative estimate of drug-likeness (QED) is 0.735. The first-order valence-corrected chi connectivity index (χ1v) is 9.54. The number of piperidine rings is 1. The predicted octanol–water partition coefficient (Wildman–Crippen LogP) is -0.250. The number of hydrogen-bond acceptors (Lipinski definition) is 5. The minimum Gasteiger partial charge on any atom is -0.481 e. The average Bonchev–Trinajstić information content (AvgIpc) is 2.54. The van der Waals surface area contributed by atoms with E-state index in [2.05, 4.69) is 0 Å². The number of aliphatic carboxylic acids is 1. The Hall–Kier alpha value is -1.19. The van der Waals surface area contributed by atoms with Gasteiger partial charge in [0.2, 0.25) is 15.9 Å². The number of carboxylic acids is 1. The Bertz CT molecular complexity index is 541. The van der Waals surface area contributed by atoms with Crippen molar-refractivity contribution in [1.29, 1.82) is 0 Å². The lowest BCUT2D eigenvalue weighted by Gasteiger charge is -2.39. The van der Waals surface area contributed by atoms with Crippen LogP contribution in [0.1, 0.15) is 26.2 Å². The summed E-state index contributed by atoms with van der Waals surface area (Å²) >= 11 is 0. The molecule has 2 heterocycles. The minimum absolute atomic E-state index is 0.0652. The van der Waals surface area contributed by atoms with Crippen LogP contribution in [0.2, 0.25) is 0 Å². The molecule has 0 bridgehead atoms. The zero-order chi connectivity index (χ0) is 17.0. The molecule has 0 aliphatic carbocycles. The molecule has 8 nitrogen and oxygen atoms in total. The molecule has 1 atom stereocenters. The Morgan fingerprint density at radius 1 is 1.22 bits per heavy atom. The van der Waals surface area contributed by atoms with E-state index in [1.165, 1.54) is 4.31 Å². The third-order valence-corrected chi connectivity index (χ3v) is 6.36. The van der Waals surface area contributed by atoms with E-state index in [4.69, 9.17) is 9.84 Å². The summed E-state index contributed by atoms with van der Waals surface area (Å²) in [6, 6.07) is -0.439. The van der Waals surface area contributed by atoms with Gasteiger partial charge in [-0.15, -0.1) is 0 Å². The molecule has 132 valence electrons. The summed E-state index contributed by atoms with van der Waals surface area (Å²) < 4.78 is 30.4. The van der Waals surface area contributed by atoms with Crippen LogP contribution in [0.4, 0.5) is 0 Å². The highest BCUT2D eigenvalue weighted by Gasteiger charge is 2.36. The van der Waals surface area contributed by atoms with Gasteiger partial charge < -0.3 is 14.7 Å². The highest BCUT2D eigenvalue weighted by molar-refractivity contribution is 7.89. The first kappa shape index (κ1) is 18.2. The van der Waals surface area contributed by atoms with Crippen molar-refractivity contribution in [3.05, 3.63) is 0 Å². The number of nitrogens with zero attached hydrogens (tertiary/aromatic N) is 2. The Kier molecular flexibility index (Phi) is 5.99. The maximum atomic E-state index is 12.7. The number of rotatable bonds is 5. The molecular formula is C14H24N2O6S. The predicted molar refractivity (Wildman–Crippen MR) is 82.3 cm³/mol. The third-order valence-electron chi connectivity index (χ3n) is 4.48. The van der Waals surface area contributed by atoms with Gasteiger partial charge in [-0.25, -0.2) is 12.7 Å². The van der Waals surface area contributed by atoms with Gasteiger partial charge in [0.1, 0.15) is 0 Å². The number of carboxylic acid groups (broad SMARTS) is 1. The zero-order valence-corrected chi connectivity index (χ0v) is 14.1. The third kappa shape index (κ3) is 4.42. The summed E-state index contributed by atoms with van der Waals surface area (Å²) in [6.45, 7) is 3.34. The van der Waals surface area contributed by atoms with Crippen LogP contribution in [-0.2, 0) is 24.3 Å². The number of carbonyl (C=O) groups is 2. The van der Waals surface area contributed by atoms with E-state index < -0.39 is 22.0 Å². The van der Waals surface area contributed by atoms with Crippen LogP contribution >= 0.6 is 0 Å². The van der Waals surface area contributed by atoms with Crippen molar-refractivity contribution in [1.82, 2.24) is 9.21 Å². The second-order valence-corrected chi connectivity index (χ2v) is 8.19. The monoisotopic (exact) mass is 348 g/mol. The van der Waals surface area contributed by atoms with Crippen LogP contribution in [0.3, 0.4) is 0 Å². The maximum Gasteiger partial charge on any atom is 0.305 e. The molecule has 0 saturated carbocycles. The Balaban J connectivity index is 1.96. The Labute approximate surface area is 136 Å². The van der Waals surface area contributed by atoms with Crippen molar-refractivity contribution in [2.75, 3.05) is 38.6 Å². The molecule has 9 heteroatoms. The lowest BCUT2D eigenvalue weighted by Crippen LogP contribution is -2.53. The standard InChI is InChI=1S/C14H24N2O6S/c1-2-23(20,21)15-5-3-11(4-6-15)14(19)16-7-8-22-10-12(16)9-13(17)18/h11-12H,2-10H2,1H3,(H,17,18). The fraction of sp³-hybridized carbons (Fsp3) is 0.857. The summed E-state index contributed by atoms with van der Waals surface area (Å²) in [5.41, 5.74) is 0. The van der Waals surface area contributed by atoms with Crippen LogP contribution in [-0.4, -0.2) is 79.2 Å². The summed E-state index contributed by atoms with van der Waals surface area (Å²) in [6.07, 6.45) is 0.833. The number of morpholine rings is 1. The molecule has 2 saturated heterocycles. The number of carbonyl (C=O) groups excluding carboxylic acids is 1. The summed E-state index contributed by atoms with van der Waals surface area (Å²) in [7, 11) is -3.21. The van der Waals surface area contributed by atoms with E-state index in [1.54, 1.807) is 11.8 Å². The van der Waals surface area contributed by atoms with E-state index >= 15 is 0 Å². The number of sulfonamides is 1. The fourth-order valence-electron chi connectivity index (χ4n) is 3.11. The minimum atomic E-state index is -3.21. The van der Waals surface area contributed by atoms with Gasteiger partial charge in [0, 0.05) is 25.6 Å². The van der Waals surface area contributed by atoms with Crippen molar-refractivity contribution in [3.8, 4) is 0 Å². The largest absolute Gasteiger partial charge is 0.481 e. The first-order chi connectivity index (χ1) is 10.8. The van der Waals surface area contributed by atoms with E-state index in [9.17, 15) is 18.0 Å². The lowest BCUT2D eigenvalue weighted by atomic mass is 9.95. The number of ether oxygens (including phenoxy) is 1. The maximum absolute atomic E-state index is 12.7. The highest BCUT2D eigenvalue weighted by Crippen LogP contribution is 2.24. The molecule has 0 radical (unpaired) electrons. The Morgan fingerprint density at radius 3 is 2.43 bits per heavy atom. The number of hydrogen-bond donors (Lipinski definition) is 1. The topological polar surface area (TPSA) is 104 Å². The van der Waals surface area contributed by atoms with Crippen LogP contribution in [0, 0.1) is 5.92 Å². The van der Waals surface area contributed by atoms with Crippen LogP contribution < -0.4 is 0 Å². The van der Waals surface area contributed by atoms with E-state index in [0.717, 1.165) is 0 Å². The average molecular weight is 348 g/mol. The molecule has 2 fully saturated rings. The van der Waals surface area contributed by atoms with E-state index in [1.807, 2.05) is 0 Å².